The Morgan fingerprint density at radius 2 is 1.83 bits per heavy atom. The molecule has 0 heterocycles. The smallest absolute Gasteiger partial charge is 0.335 e. The van der Waals surface area contributed by atoms with E-state index in [0.717, 1.165) is 18.6 Å². The second kappa shape index (κ2) is 5.80. The minimum absolute atomic E-state index is 0.102. The lowest BCUT2D eigenvalue weighted by molar-refractivity contribution is 0.0696. The molecular formula is C13H17F2NO2. The van der Waals surface area contributed by atoms with Gasteiger partial charge in [0.15, 0.2) is 0 Å². The summed E-state index contributed by atoms with van der Waals surface area (Å²) in [5.74, 6) is -2.87. The van der Waals surface area contributed by atoms with E-state index in [1.807, 2.05) is 20.8 Å². The summed E-state index contributed by atoms with van der Waals surface area (Å²) in [6, 6.07) is 1.53. The summed E-state index contributed by atoms with van der Waals surface area (Å²) >= 11 is 0. The van der Waals surface area contributed by atoms with E-state index in [1.54, 1.807) is 0 Å². The Labute approximate surface area is 105 Å². The fourth-order valence-corrected chi connectivity index (χ4v) is 1.56. The van der Waals surface area contributed by atoms with Crippen LogP contribution in [0.25, 0.3) is 0 Å². The number of benzene rings is 1. The molecule has 0 saturated heterocycles. The molecule has 5 heteroatoms. The first-order valence-electron chi connectivity index (χ1n) is 5.85. The topological polar surface area (TPSA) is 49.3 Å². The number of rotatable bonds is 5. The molecule has 0 saturated carbocycles. The zero-order valence-corrected chi connectivity index (χ0v) is 10.6. The first-order valence-corrected chi connectivity index (χ1v) is 5.85. The molecule has 0 aliphatic rings. The van der Waals surface area contributed by atoms with Crippen LogP contribution in [-0.4, -0.2) is 17.1 Å². The molecule has 18 heavy (non-hydrogen) atoms. The Balaban J connectivity index is 3.00. The number of nitrogens with one attached hydrogen (secondary N) is 1. The predicted molar refractivity (Wildman–Crippen MR) is 65.9 cm³/mol. The highest BCUT2D eigenvalue weighted by molar-refractivity contribution is 5.88. The first kappa shape index (κ1) is 14.4. The van der Waals surface area contributed by atoms with E-state index in [4.69, 9.17) is 5.11 Å². The third kappa shape index (κ3) is 3.18. The van der Waals surface area contributed by atoms with Gasteiger partial charge in [-0.1, -0.05) is 20.3 Å². The predicted octanol–water partition coefficient (Wildman–Crippen LogP) is 3.51. The number of carbonyl (C=O) groups is 1. The van der Waals surface area contributed by atoms with Crippen LogP contribution < -0.4 is 5.32 Å². The van der Waals surface area contributed by atoms with Crippen LogP contribution in [0.5, 0.6) is 0 Å². The van der Waals surface area contributed by atoms with Gasteiger partial charge in [0.05, 0.1) is 5.56 Å². The SMILES string of the molecule is CCC(C)C(C)Nc1c(F)cc(C(=O)O)cc1F. The second-order valence-corrected chi connectivity index (χ2v) is 4.44. The summed E-state index contributed by atoms with van der Waals surface area (Å²) in [5.41, 5.74) is -0.667. The van der Waals surface area contributed by atoms with Crippen LogP contribution >= 0.6 is 0 Å². The zero-order valence-electron chi connectivity index (χ0n) is 10.6. The Kier molecular flexibility index (Phi) is 4.64. The Bertz CT molecular complexity index is 426. The van der Waals surface area contributed by atoms with Crippen LogP contribution in [0.4, 0.5) is 14.5 Å². The van der Waals surface area contributed by atoms with Gasteiger partial charge in [-0.3, -0.25) is 0 Å². The average Bonchev–Trinajstić information content (AvgIpc) is 2.31. The summed E-state index contributed by atoms with van der Waals surface area (Å²) in [6.45, 7) is 5.79. The maximum Gasteiger partial charge on any atom is 0.335 e. The third-order valence-electron chi connectivity index (χ3n) is 3.16. The van der Waals surface area contributed by atoms with Gasteiger partial charge in [0.25, 0.3) is 0 Å². The second-order valence-electron chi connectivity index (χ2n) is 4.44. The van der Waals surface area contributed by atoms with Gasteiger partial charge in [0, 0.05) is 6.04 Å². The number of aromatic carboxylic acids is 1. The van der Waals surface area contributed by atoms with E-state index in [2.05, 4.69) is 5.32 Å². The average molecular weight is 257 g/mol. The van der Waals surface area contributed by atoms with E-state index in [-0.39, 0.29) is 17.6 Å². The van der Waals surface area contributed by atoms with Crippen LogP contribution in [0.3, 0.4) is 0 Å². The molecule has 2 N–H and O–H groups in total. The fraction of sp³-hybridized carbons (Fsp3) is 0.462. The lowest BCUT2D eigenvalue weighted by atomic mass is 10.0. The standard InChI is InChI=1S/C13H17F2NO2/c1-4-7(2)8(3)16-12-10(14)5-9(13(17)18)6-11(12)15/h5-8,16H,4H2,1-3H3,(H,17,18). The molecule has 0 amide bonds. The van der Waals surface area contributed by atoms with Gasteiger partial charge in [-0.2, -0.15) is 0 Å². The molecule has 0 aliphatic carbocycles. The maximum absolute atomic E-state index is 13.6. The van der Waals surface area contributed by atoms with E-state index in [1.165, 1.54) is 0 Å². The van der Waals surface area contributed by atoms with Crippen LogP contribution in [0.2, 0.25) is 0 Å². The van der Waals surface area contributed by atoms with Crippen molar-refractivity contribution in [1.29, 1.82) is 0 Å². The van der Waals surface area contributed by atoms with E-state index in [9.17, 15) is 13.6 Å². The molecule has 1 aromatic rings. The normalized spacial score (nSPS) is 14.1. The summed E-state index contributed by atoms with van der Waals surface area (Å²) in [5, 5.41) is 11.4. The van der Waals surface area contributed by atoms with Crippen molar-refractivity contribution < 1.29 is 18.7 Å². The van der Waals surface area contributed by atoms with E-state index in [0.29, 0.717) is 0 Å². The number of hydrogen-bond acceptors (Lipinski definition) is 2. The van der Waals surface area contributed by atoms with Gasteiger partial charge in [0.1, 0.15) is 17.3 Å². The van der Waals surface area contributed by atoms with Gasteiger partial charge < -0.3 is 10.4 Å². The van der Waals surface area contributed by atoms with Crippen LogP contribution in [0, 0.1) is 17.6 Å². The third-order valence-corrected chi connectivity index (χ3v) is 3.16. The molecule has 0 aromatic heterocycles. The van der Waals surface area contributed by atoms with Crippen molar-refractivity contribution in [2.75, 3.05) is 5.32 Å². The number of hydrogen-bond donors (Lipinski definition) is 2. The van der Waals surface area contributed by atoms with Gasteiger partial charge in [-0.05, 0) is 25.0 Å². The molecule has 0 spiro atoms. The highest BCUT2D eigenvalue weighted by Crippen LogP contribution is 2.23. The monoisotopic (exact) mass is 257 g/mol. The van der Waals surface area contributed by atoms with Crippen LogP contribution in [-0.2, 0) is 0 Å². The summed E-state index contributed by atoms with van der Waals surface area (Å²) in [7, 11) is 0. The zero-order chi connectivity index (χ0) is 13.9. The molecule has 2 atom stereocenters. The van der Waals surface area contributed by atoms with Gasteiger partial charge in [-0.15, -0.1) is 0 Å². The Morgan fingerprint density at radius 3 is 2.22 bits per heavy atom. The molecule has 3 nitrogen and oxygen atoms in total. The summed E-state index contributed by atoms with van der Waals surface area (Å²) < 4.78 is 27.3. The molecule has 1 rings (SSSR count). The highest BCUT2D eigenvalue weighted by atomic mass is 19.1. The van der Waals surface area contributed by atoms with Crippen molar-refractivity contribution in [2.45, 2.75) is 33.2 Å². The van der Waals surface area contributed by atoms with Crippen molar-refractivity contribution in [3.05, 3.63) is 29.3 Å². The minimum Gasteiger partial charge on any atom is -0.478 e. The van der Waals surface area contributed by atoms with Crippen molar-refractivity contribution in [3.8, 4) is 0 Å². The van der Waals surface area contributed by atoms with E-state index >= 15 is 0 Å². The van der Waals surface area contributed by atoms with Crippen LogP contribution in [0.1, 0.15) is 37.6 Å². The maximum atomic E-state index is 13.6. The highest BCUT2D eigenvalue weighted by Gasteiger charge is 2.18. The van der Waals surface area contributed by atoms with Crippen molar-refractivity contribution in [2.24, 2.45) is 5.92 Å². The lowest BCUT2D eigenvalue weighted by Gasteiger charge is -2.21. The number of halogens is 2. The van der Waals surface area contributed by atoms with Crippen molar-refractivity contribution >= 4 is 11.7 Å². The van der Waals surface area contributed by atoms with Crippen molar-refractivity contribution in [3.63, 3.8) is 0 Å². The molecule has 2 unspecified atom stereocenters. The van der Waals surface area contributed by atoms with Crippen molar-refractivity contribution in [1.82, 2.24) is 0 Å². The molecule has 1 aromatic carbocycles. The fourth-order valence-electron chi connectivity index (χ4n) is 1.56. The number of carboxylic acid groups (broad SMARTS) is 1. The van der Waals surface area contributed by atoms with E-state index < -0.39 is 23.2 Å². The molecule has 0 fully saturated rings. The summed E-state index contributed by atoms with van der Waals surface area (Å²) in [6.07, 6.45) is 0.880. The molecule has 100 valence electrons. The number of anilines is 1. The first-order chi connectivity index (χ1) is 8.36. The minimum atomic E-state index is -1.35. The van der Waals surface area contributed by atoms with Crippen LogP contribution in [0.15, 0.2) is 12.1 Å². The lowest BCUT2D eigenvalue weighted by Crippen LogP contribution is -2.24. The molecule has 0 aliphatic heterocycles. The number of carboxylic acids is 1. The molecule has 0 radical (unpaired) electrons. The molecule has 0 bridgehead atoms. The van der Waals surface area contributed by atoms with Gasteiger partial charge in [0.2, 0.25) is 0 Å². The van der Waals surface area contributed by atoms with Gasteiger partial charge >= 0.3 is 5.97 Å². The molecular weight excluding hydrogens is 240 g/mol. The Morgan fingerprint density at radius 1 is 1.33 bits per heavy atom. The largest absolute Gasteiger partial charge is 0.478 e. The van der Waals surface area contributed by atoms with Gasteiger partial charge in [-0.25, -0.2) is 13.6 Å². The summed E-state index contributed by atoms with van der Waals surface area (Å²) in [4.78, 5) is 10.6. The quantitative estimate of drug-likeness (QED) is 0.848. The Hall–Kier alpha value is -1.65.